The van der Waals surface area contributed by atoms with Crippen LogP contribution < -0.4 is 5.32 Å². The molecular formula is C23H25ClFNO4S. The van der Waals surface area contributed by atoms with Crippen LogP contribution in [-0.2, 0) is 9.84 Å². The molecule has 0 radical (unpaired) electrons. The van der Waals surface area contributed by atoms with Crippen LogP contribution in [0.2, 0.25) is 5.02 Å². The van der Waals surface area contributed by atoms with Gasteiger partial charge in [-0.15, -0.1) is 0 Å². The normalized spacial score (nSPS) is 27.8. The summed E-state index contributed by atoms with van der Waals surface area (Å²) in [5.74, 6) is -1.12. The monoisotopic (exact) mass is 465 g/mol. The molecule has 4 atom stereocenters. The highest BCUT2D eigenvalue weighted by Crippen LogP contribution is 2.51. The first-order valence-corrected chi connectivity index (χ1v) is 12.3. The van der Waals surface area contributed by atoms with Crippen molar-refractivity contribution in [2.24, 2.45) is 11.8 Å². The number of aliphatic hydroxyl groups is 1. The van der Waals surface area contributed by atoms with Crippen molar-refractivity contribution < 1.29 is 22.7 Å². The zero-order valence-corrected chi connectivity index (χ0v) is 18.9. The Morgan fingerprint density at radius 2 is 1.81 bits per heavy atom. The summed E-state index contributed by atoms with van der Waals surface area (Å²) < 4.78 is 40.6. The Bertz CT molecular complexity index is 1130. The molecule has 2 fully saturated rings. The number of halogens is 2. The van der Waals surface area contributed by atoms with E-state index in [1.54, 1.807) is 26.0 Å². The second-order valence-corrected chi connectivity index (χ2v) is 11.5. The molecule has 2 aliphatic rings. The molecule has 5 nitrogen and oxygen atoms in total. The fraction of sp³-hybridized carbons (Fsp3) is 0.435. The van der Waals surface area contributed by atoms with E-state index in [0.29, 0.717) is 18.4 Å². The van der Waals surface area contributed by atoms with Gasteiger partial charge in [0.05, 0.1) is 20.8 Å². The number of hydrogen-bond acceptors (Lipinski definition) is 4. The van der Waals surface area contributed by atoms with Gasteiger partial charge in [-0.3, -0.25) is 4.79 Å². The second kappa shape index (κ2) is 7.87. The van der Waals surface area contributed by atoms with Gasteiger partial charge in [-0.1, -0.05) is 17.7 Å². The first kappa shape index (κ1) is 22.2. The van der Waals surface area contributed by atoms with E-state index >= 15 is 0 Å². The lowest BCUT2D eigenvalue weighted by atomic mass is 9.76. The third-order valence-corrected chi connectivity index (χ3v) is 9.63. The Labute approximate surface area is 186 Å². The summed E-state index contributed by atoms with van der Waals surface area (Å²) in [4.78, 5) is 12.6. The van der Waals surface area contributed by atoms with Crippen molar-refractivity contribution in [2.75, 3.05) is 5.32 Å². The average Bonchev–Trinajstić information content (AvgIpc) is 2.87. The zero-order valence-electron chi connectivity index (χ0n) is 17.4. The molecule has 8 heteroatoms. The average molecular weight is 466 g/mol. The van der Waals surface area contributed by atoms with E-state index < -0.39 is 32.4 Å². The van der Waals surface area contributed by atoms with Crippen molar-refractivity contribution in [3.05, 3.63) is 58.4 Å². The molecule has 2 aliphatic carbocycles. The number of sulfone groups is 1. The molecule has 3 unspecified atom stereocenters. The molecule has 2 bridgehead atoms. The van der Waals surface area contributed by atoms with Crippen LogP contribution in [0.4, 0.5) is 10.1 Å². The van der Waals surface area contributed by atoms with Gasteiger partial charge in [0.1, 0.15) is 5.82 Å². The van der Waals surface area contributed by atoms with E-state index in [4.69, 9.17) is 11.6 Å². The van der Waals surface area contributed by atoms with E-state index in [1.165, 1.54) is 24.3 Å². The quantitative estimate of drug-likeness (QED) is 0.682. The fourth-order valence-electron chi connectivity index (χ4n) is 4.93. The standard InChI is InChI=1S/C23H25ClFNO4S/c1-13-3-7-17(12-20(13)25)26-22(27)14-4-8-19(24)21(9-14)31(29,30)18-10-15-5-6-16(11-18)23(15,2)28/h3-4,7-9,12,15-16,18,28H,5-6,10-11H2,1-2H3,(H,26,27)/t15-,16?,18?,23?/m0/s1. The molecule has 2 aromatic carbocycles. The van der Waals surface area contributed by atoms with E-state index in [1.807, 2.05) is 0 Å². The van der Waals surface area contributed by atoms with E-state index in [9.17, 15) is 22.7 Å². The number of carbonyl (C=O) groups excluding carboxylic acids is 1. The molecular weight excluding hydrogens is 441 g/mol. The second-order valence-electron chi connectivity index (χ2n) is 8.90. The van der Waals surface area contributed by atoms with Gasteiger partial charge in [0.25, 0.3) is 5.91 Å². The Morgan fingerprint density at radius 1 is 1.16 bits per heavy atom. The number of aryl methyl sites for hydroxylation is 1. The topological polar surface area (TPSA) is 83.5 Å². The number of hydrogen-bond donors (Lipinski definition) is 2. The molecule has 2 N–H and O–H groups in total. The predicted molar refractivity (Wildman–Crippen MR) is 118 cm³/mol. The lowest BCUT2D eigenvalue weighted by Crippen LogP contribution is -2.45. The van der Waals surface area contributed by atoms with Gasteiger partial charge in [-0.05, 0) is 87.3 Å². The molecule has 0 aromatic heterocycles. The number of fused-ring (bicyclic) bond motifs is 2. The fourth-order valence-corrected chi connectivity index (χ4v) is 7.34. The van der Waals surface area contributed by atoms with Crippen LogP contribution in [-0.4, -0.2) is 30.3 Å². The van der Waals surface area contributed by atoms with Gasteiger partial charge in [-0.25, -0.2) is 12.8 Å². The van der Waals surface area contributed by atoms with Crippen LogP contribution in [0.25, 0.3) is 0 Å². The maximum Gasteiger partial charge on any atom is 0.255 e. The molecule has 0 saturated heterocycles. The summed E-state index contributed by atoms with van der Waals surface area (Å²) in [6.07, 6.45) is 2.38. The summed E-state index contributed by atoms with van der Waals surface area (Å²) in [5, 5.41) is 12.7. The minimum absolute atomic E-state index is 0.0580. The Morgan fingerprint density at radius 3 is 2.42 bits per heavy atom. The lowest BCUT2D eigenvalue weighted by Gasteiger charge is -2.40. The van der Waals surface area contributed by atoms with E-state index in [-0.39, 0.29) is 33.0 Å². The molecule has 0 heterocycles. The maximum absolute atomic E-state index is 13.8. The summed E-state index contributed by atoms with van der Waals surface area (Å²) in [5.41, 5.74) is 0.0208. The van der Waals surface area contributed by atoms with Crippen molar-refractivity contribution in [1.82, 2.24) is 0 Å². The van der Waals surface area contributed by atoms with Crippen molar-refractivity contribution in [3.63, 3.8) is 0 Å². The molecule has 0 aliphatic heterocycles. The Kier molecular flexibility index (Phi) is 5.65. The number of anilines is 1. The summed E-state index contributed by atoms with van der Waals surface area (Å²) in [6, 6.07) is 8.46. The molecule has 2 aromatic rings. The first-order valence-electron chi connectivity index (χ1n) is 10.3. The van der Waals surface area contributed by atoms with E-state index in [0.717, 1.165) is 12.8 Å². The SMILES string of the molecule is Cc1ccc(NC(=O)c2ccc(Cl)c(S(=O)(=O)C3CC4CC[C@@H](C3)C4(C)O)c2)cc1F. The van der Waals surface area contributed by atoms with Gasteiger partial charge in [0, 0.05) is 11.3 Å². The third kappa shape index (κ3) is 3.99. The van der Waals surface area contributed by atoms with Crippen molar-refractivity contribution in [1.29, 1.82) is 0 Å². The maximum atomic E-state index is 13.8. The highest BCUT2D eigenvalue weighted by Gasteiger charge is 2.53. The van der Waals surface area contributed by atoms with Gasteiger partial charge in [0.15, 0.2) is 9.84 Å². The van der Waals surface area contributed by atoms with Crippen LogP contribution in [0, 0.1) is 24.6 Å². The molecule has 2 saturated carbocycles. The van der Waals surface area contributed by atoms with Crippen molar-refractivity contribution >= 4 is 33.0 Å². The van der Waals surface area contributed by atoms with Gasteiger partial charge in [0.2, 0.25) is 0 Å². The largest absolute Gasteiger partial charge is 0.390 e. The summed E-state index contributed by atoms with van der Waals surface area (Å²) in [7, 11) is -3.79. The predicted octanol–water partition coefficient (Wildman–Crippen LogP) is 4.75. The van der Waals surface area contributed by atoms with Crippen LogP contribution in [0.3, 0.4) is 0 Å². The van der Waals surface area contributed by atoms with Crippen molar-refractivity contribution in [2.45, 2.75) is 55.3 Å². The number of amides is 1. The molecule has 31 heavy (non-hydrogen) atoms. The Hall–Kier alpha value is -1.96. The molecule has 1 amide bonds. The summed E-state index contributed by atoms with van der Waals surface area (Å²) >= 11 is 6.24. The lowest BCUT2D eigenvalue weighted by molar-refractivity contribution is -0.0413. The third-order valence-electron chi connectivity index (χ3n) is 6.98. The van der Waals surface area contributed by atoms with Crippen LogP contribution in [0.5, 0.6) is 0 Å². The van der Waals surface area contributed by atoms with Gasteiger partial charge < -0.3 is 10.4 Å². The molecule has 0 spiro atoms. The van der Waals surface area contributed by atoms with Gasteiger partial charge in [-0.2, -0.15) is 0 Å². The molecule has 166 valence electrons. The number of nitrogens with one attached hydrogen (secondary N) is 1. The van der Waals surface area contributed by atoms with Crippen molar-refractivity contribution in [3.8, 4) is 0 Å². The van der Waals surface area contributed by atoms with Crippen LogP contribution in [0.15, 0.2) is 41.3 Å². The number of carbonyl (C=O) groups is 1. The van der Waals surface area contributed by atoms with Crippen LogP contribution in [0.1, 0.15) is 48.5 Å². The minimum atomic E-state index is -3.79. The number of rotatable bonds is 4. The van der Waals surface area contributed by atoms with Crippen LogP contribution >= 0.6 is 11.6 Å². The van der Waals surface area contributed by atoms with Gasteiger partial charge >= 0.3 is 0 Å². The summed E-state index contributed by atoms with van der Waals surface area (Å²) in [6.45, 7) is 3.41. The smallest absolute Gasteiger partial charge is 0.255 e. The molecule has 4 rings (SSSR count). The highest BCUT2D eigenvalue weighted by atomic mass is 35.5. The first-order chi connectivity index (χ1) is 14.5. The number of benzene rings is 2. The minimum Gasteiger partial charge on any atom is -0.390 e. The highest BCUT2D eigenvalue weighted by molar-refractivity contribution is 7.92. The Balaban J connectivity index is 1.60. The zero-order chi connectivity index (χ0) is 22.6. The van der Waals surface area contributed by atoms with E-state index in [2.05, 4.69) is 5.32 Å².